The maximum atomic E-state index is 11.7. The van der Waals surface area contributed by atoms with Gasteiger partial charge < -0.3 is 10.5 Å². The van der Waals surface area contributed by atoms with Gasteiger partial charge in [0.15, 0.2) is 0 Å². The molecule has 2 amide bonds. The Kier molecular flexibility index (Phi) is 7.49. The van der Waals surface area contributed by atoms with Crippen LogP contribution in [0.2, 0.25) is 0 Å². The summed E-state index contributed by atoms with van der Waals surface area (Å²) in [5, 5.41) is 2.27. The normalized spacial score (nSPS) is 11.5. The second kappa shape index (κ2) is 9.15. The van der Waals surface area contributed by atoms with Crippen molar-refractivity contribution in [1.82, 2.24) is 5.32 Å². The van der Waals surface area contributed by atoms with E-state index >= 15 is 0 Å². The molecule has 0 fully saturated rings. The quantitative estimate of drug-likeness (QED) is 0.714. The Balaban J connectivity index is 2.28. The van der Waals surface area contributed by atoms with Gasteiger partial charge in [-0.25, -0.2) is 0 Å². The lowest BCUT2D eigenvalue weighted by molar-refractivity contribution is -0.144. The van der Waals surface area contributed by atoms with E-state index in [1.807, 2.05) is 0 Å². The first-order valence-corrected chi connectivity index (χ1v) is 7.59. The molecule has 6 nitrogen and oxygen atoms in total. The molecule has 3 N–H and O–H groups in total. The number of nitrogens with two attached hydrogens (primary N) is 1. The molecule has 1 rings (SSSR count). The number of hydrogen-bond donors (Lipinski definition) is 2. The zero-order valence-electron chi connectivity index (χ0n) is 11.7. The Bertz CT molecular complexity index is 493. The van der Waals surface area contributed by atoms with Gasteiger partial charge in [-0.1, -0.05) is 18.2 Å². The number of imide groups is 1. The first kappa shape index (κ1) is 17.2. The molecular weight excluding hydrogens is 292 g/mol. The van der Waals surface area contributed by atoms with E-state index in [1.165, 1.54) is 11.8 Å². The van der Waals surface area contributed by atoms with Crippen LogP contribution in [0.5, 0.6) is 0 Å². The predicted molar refractivity (Wildman–Crippen MR) is 80.8 cm³/mol. The van der Waals surface area contributed by atoms with Gasteiger partial charge in [0.2, 0.25) is 5.91 Å². The first-order valence-electron chi connectivity index (χ1n) is 6.43. The molecule has 1 unspecified atom stereocenters. The predicted octanol–water partition coefficient (Wildman–Crippen LogP) is 0.567. The molecule has 0 saturated carbocycles. The van der Waals surface area contributed by atoms with Crippen molar-refractivity contribution < 1.29 is 19.1 Å². The molecular formula is C14H18N2O4S. The van der Waals surface area contributed by atoms with Gasteiger partial charge in [0, 0.05) is 11.3 Å². The van der Waals surface area contributed by atoms with Crippen LogP contribution in [0.15, 0.2) is 30.3 Å². The molecule has 114 valence electrons. The van der Waals surface area contributed by atoms with Crippen molar-refractivity contribution in [2.24, 2.45) is 5.73 Å². The molecule has 0 aromatic heterocycles. The number of hydrogen-bond acceptors (Lipinski definition) is 6. The number of amides is 2. The van der Waals surface area contributed by atoms with Gasteiger partial charge in [-0.3, -0.25) is 19.7 Å². The standard InChI is InChI=1S/C14H18N2O4S/c1-2-20-14(19)11(15)8-21-9-12(17)16-13(18)10-6-4-3-5-7-10/h3-7,11H,2,8-9,15H2,1H3,(H,16,17,18). The Morgan fingerprint density at radius 1 is 1.29 bits per heavy atom. The average Bonchev–Trinajstić information content (AvgIpc) is 2.48. The van der Waals surface area contributed by atoms with Crippen molar-refractivity contribution in [2.75, 3.05) is 18.1 Å². The third kappa shape index (κ3) is 6.42. The number of carbonyl (C=O) groups is 3. The molecule has 0 aliphatic rings. The largest absolute Gasteiger partial charge is 0.465 e. The van der Waals surface area contributed by atoms with E-state index in [0.29, 0.717) is 5.56 Å². The third-order valence-electron chi connectivity index (χ3n) is 2.41. The Hall–Kier alpha value is -1.86. The molecule has 1 aromatic carbocycles. The second-order valence-corrected chi connectivity index (χ2v) is 5.15. The van der Waals surface area contributed by atoms with Crippen LogP contribution in [0.3, 0.4) is 0 Å². The highest BCUT2D eigenvalue weighted by Crippen LogP contribution is 2.03. The minimum absolute atomic E-state index is 0.0473. The zero-order chi connectivity index (χ0) is 15.7. The van der Waals surface area contributed by atoms with Crippen molar-refractivity contribution in [2.45, 2.75) is 13.0 Å². The first-order chi connectivity index (χ1) is 10.0. The van der Waals surface area contributed by atoms with Gasteiger partial charge in [0.1, 0.15) is 6.04 Å². The average molecular weight is 310 g/mol. The zero-order valence-corrected chi connectivity index (χ0v) is 12.5. The molecule has 1 aromatic rings. The number of ether oxygens (including phenoxy) is 1. The van der Waals surface area contributed by atoms with E-state index in [4.69, 9.17) is 10.5 Å². The van der Waals surface area contributed by atoms with Crippen LogP contribution in [0.4, 0.5) is 0 Å². The Morgan fingerprint density at radius 2 is 1.95 bits per heavy atom. The van der Waals surface area contributed by atoms with E-state index in [0.717, 1.165) is 0 Å². The minimum Gasteiger partial charge on any atom is -0.465 e. The van der Waals surface area contributed by atoms with Crippen molar-refractivity contribution in [3.05, 3.63) is 35.9 Å². The highest BCUT2D eigenvalue weighted by Gasteiger charge is 2.16. The fraction of sp³-hybridized carbons (Fsp3) is 0.357. The van der Waals surface area contributed by atoms with E-state index < -0.39 is 23.8 Å². The molecule has 0 aliphatic heterocycles. The summed E-state index contributed by atoms with van der Waals surface area (Å²) in [6, 6.07) is 7.68. The van der Waals surface area contributed by atoms with Gasteiger partial charge in [-0.15, -0.1) is 11.8 Å². The smallest absolute Gasteiger partial charge is 0.323 e. The minimum atomic E-state index is -0.771. The fourth-order valence-corrected chi connectivity index (χ4v) is 2.19. The molecule has 1 atom stereocenters. The molecule has 0 aliphatic carbocycles. The van der Waals surface area contributed by atoms with E-state index in [-0.39, 0.29) is 18.1 Å². The monoisotopic (exact) mass is 310 g/mol. The van der Waals surface area contributed by atoms with Gasteiger partial charge in [0.25, 0.3) is 5.91 Å². The third-order valence-corrected chi connectivity index (χ3v) is 3.47. The van der Waals surface area contributed by atoms with E-state index in [2.05, 4.69) is 5.32 Å². The summed E-state index contributed by atoms with van der Waals surface area (Å²) in [4.78, 5) is 34.6. The maximum Gasteiger partial charge on any atom is 0.323 e. The lowest BCUT2D eigenvalue weighted by atomic mass is 10.2. The highest BCUT2D eigenvalue weighted by molar-refractivity contribution is 8.00. The Labute approximate surface area is 127 Å². The van der Waals surface area contributed by atoms with Crippen LogP contribution >= 0.6 is 11.8 Å². The summed E-state index contributed by atoms with van der Waals surface area (Å²) in [5.41, 5.74) is 6.00. The molecule has 7 heteroatoms. The van der Waals surface area contributed by atoms with Crippen molar-refractivity contribution in [1.29, 1.82) is 0 Å². The lowest BCUT2D eigenvalue weighted by Gasteiger charge is -2.09. The summed E-state index contributed by atoms with van der Waals surface area (Å²) in [7, 11) is 0. The SMILES string of the molecule is CCOC(=O)C(N)CSCC(=O)NC(=O)c1ccccc1. The fourth-order valence-electron chi connectivity index (χ4n) is 1.42. The van der Waals surface area contributed by atoms with Crippen LogP contribution < -0.4 is 11.1 Å². The van der Waals surface area contributed by atoms with Crippen molar-refractivity contribution >= 4 is 29.5 Å². The summed E-state index contributed by atoms with van der Waals surface area (Å²) in [6.45, 7) is 1.96. The van der Waals surface area contributed by atoms with Crippen LogP contribution in [-0.2, 0) is 14.3 Å². The lowest BCUT2D eigenvalue weighted by Crippen LogP contribution is -2.36. The van der Waals surface area contributed by atoms with Crippen molar-refractivity contribution in [3.8, 4) is 0 Å². The number of esters is 1. The van der Waals surface area contributed by atoms with Crippen LogP contribution in [0.25, 0.3) is 0 Å². The molecule has 0 saturated heterocycles. The molecule has 0 spiro atoms. The summed E-state index contributed by atoms with van der Waals surface area (Å²) >= 11 is 1.17. The van der Waals surface area contributed by atoms with Gasteiger partial charge in [-0.2, -0.15) is 0 Å². The van der Waals surface area contributed by atoms with Crippen LogP contribution in [0.1, 0.15) is 17.3 Å². The molecule has 0 bridgehead atoms. The number of carbonyl (C=O) groups excluding carboxylic acids is 3. The maximum absolute atomic E-state index is 11.7. The van der Waals surface area contributed by atoms with E-state index in [9.17, 15) is 14.4 Å². The van der Waals surface area contributed by atoms with Crippen LogP contribution in [0, 0.1) is 0 Å². The van der Waals surface area contributed by atoms with Gasteiger partial charge >= 0.3 is 5.97 Å². The van der Waals surface area contributed by atoms with Crippen LogP contribution in [-0.4, -0.2) is 41.9 Å². The highest BCUT2D eigenvalue weighted by atomic mass is 32.2. The molecule has 0 heterocycles. The second-order valence-electron chi connectivity index (χ2n) is 4.12. The molecule has 0 radical (unpaired) electrons. The van der Waals surface area contributed by atoms with Gasteiger partial charge in [-0.05, 0) is 19.1 Å². The molecule has 21 heavy (non-hydrogen) atoms. The summed E-state index contributed by atoms with van der Waals surface area (Å²) in [6.07, 6.45) is 0. The summed E-state index contributed by atoms with van der Waals surface area (Å²) in [5.74, 6) is -1.07. The number of nitrogens with one attached hydrogen (secondary N) is 1. The number of thioether (sulfide) groups is 1. The van der Waals surface area contributed by atoms with E-state index in [1.54, 1.807) is 37.3 Å². The number of benzene rings is 1. The van der Waals surface area contributed by atoms with Gasteiger partial charge in [0.05, 0.1) is 12.4 Å². The number of rotatable bonds is 7. The topological polar surface area (TPSA) is 98.5 Å². The van der Waals surface area contributed by atoms with Crippen molar-refractivity contribution in [3.63, 3.8) is 0 Å². The summed E-state index contributed by atoms with van der Waals surface area (Å²) < 4.78 is 4.75. The Morgan fingerprint density at radius 3 is 2.57 bits per heavy atom.